The van der Waals surface area contributed by atoms with E-state index in [0.29, 0.717) is 18.0 Å². The molecule has 118 valence electrons. The number of nitriles is 1. The molecule has 0 bridgehead atoms. The zero-order valence-corrected chi connectivity index (χ0v) is 13.5. The number of hydrogen-bond acceptors (Lipinski definition) is 4. The van der Waals surface area contributed by atoms with Gasteiger partial charge in [-0.15, -0.1) is 0 Å². The zero-order valence-electron chi connectivity index (χ0n) is 12.7. The minimum Gasteiger partial charge on any atom is -0.330 e. The van der Waals surface area contributed by atoms with Crippen LogP contribution in [0.15, 0.2) is 52.3 Å². The predicted molar refractivity (Wildman–Crippen MR) is 87.8 cm³/mol. The minimum atomic E-state index is -3.61. The molecule has 2 N–H and O–H groups in total. The van der Waals surface area contributed by atoms with Crippen molar-refractivity contribution in [3.05, 3.63) is 59.2 Å². The van der Waals surface area contributed by atoms with E-state index in [2.05, 4.69) is 0 Å². The predicted octanol–water partition coefficient (Wildman–Crippen LogP) is 2.77. The second kappa shape index (κ2) is 6.15. The Labute approximate surface area is 136 Å². The highest BCUT2D eigenvalue weighted by Crippen LogP contribution is 2.33. The van der Waals surface area contributed by atoms with Crippen LogP contribution in [0, 0.1) is 11.3 Å². The van der Waals surface area contributed by atoms with Gasteiger partial charge in [-0.1, -0.05) is 12.1 Å². The van der Waals surface area contributed by atoms with Crippen molar-refractivity contribution in [3.8, 4) is 6.07 Å². The van der Waals surface area contributed by atoms with Gasteiger partial charge in [0.25, 0.3) is 0 Å². The fraction of sp³-hybridized carbons (Fsp3) is 0.278. The Morgan fingerprint density at radius 3 is 2.70 bits per heavy atom. The van der Waals surface area contributed by atoms with Crippen LogP contribution in [0.4, 0.5) is 0 Å². The number of rotatable bonds is 3. The van der Waals surface area contributed by atoms with Crippen LogP contribution in [0.5, 0.6) is 0 Å². The van der Waals surface area contributed by atoms with Gasteiger partial charge < -0.3 is 5.73 Å². The summed E-state index contributed by atoms with van der Waals surface area (Å²) in [6.45, 7) is 0.587. The van der Waals surface area contributed by atoms with E-state index in [1.54, 1.807) is 24.3 Å². The van der Waals surface area contributed by atoms with Crippen LogP contribution >= 0.6 is 0 Å². The number of aryl methyl sites for hydroxylation is 1. The monoisotopic (exact) mass is 326 g/mol. The fourth-order valence-corrected chi connectivity index (χ4v) is 4.53. The maximum atomic E-state index is 12.8. The minimum absolute atomic E-state index is 0.155. The van der Waals surface area contributed by atoms with E-state index in [1.165, 1.54) is 17.7 Å². The Hall–Kier alpha value is -2.16. The van der Waals surface area contributed by atoms with Crippen molar-refractivity contribution in [1.29, 1.82) is 5.26 Å². The van der Waals surface area contributed by atoms with Gasteiger partial charge in [-0.25, -0.2) is 8.42 Å². The van der Waals surface area contributed by atoms with Crippen molar-refractivity contribution in [1.82, 2.24) is 0 Å². The average Bonchev–Trinajstić information content (AvgIpc) is 2.60. The lowest BCUT2D eigenvalue weighted by molar-refractivity contribution is 0.558. The quantitative estimate of drug-likeness (QED) is 0.940. The first-order chi connectivity index (χ1) is 11.1. The molecule has 0 heterocycles. The molecule has 0 saturated carbocycles. The van der Waals surface area contributed by atoms with Crippen molar-refractivity contribution in [2.75, 3.05) is 6.54 Å². The van der Waals surface area contributed by atoms with Gasteiger partial charge in [0.2, 0.25) is 9.84 Å². The summed E-state index contributed by atoms with van der Waals surface area (Å²) in [6, 6.07) is 13.4. The number of nitrogens with zero attached hydrogens (tertiary/aromatic N) is 1. The second-order valence-corrected chi connectivity index (χ2v) is 7.78. The Kier molecular flexibility index (Phi) is 4.20. The molecule has 0 fully saturated rings. The molecule has 1 unspecified atom stereocenters. The largest absolute Gasteiger partial charge is 0.330 e. The lowest BCUT2D eigenvalue weighted by Gasteiger charge is -2.24. The van der Waals surface area contributed by atoms with E-state index in [4.69, 9.17) is 11.0 Å². The van der Waals surface area contributed by atoms with Crippen LogP contribution in [-0.2, 0) is 16.3 Å². The van der Waals surface area contributed by atoms with Crippen LogP contribution in [0.25, 0.3) is 0 Å². The van der Waals surface area contributed by atoms with Gasteiger partial charge in [-0.2, -0.15) is 5.26 Å². The maximum absolute atomic E-state index is 12.8. The molecule has 0 radical (unpaired) electrons. The van der Waals surface area contributed by atoms with Crippen LogP contribution in [0.3, 0.4) is 0 Å². The highest BCUT2D eigenvalue weighted by Gasteiger charge is 2.23. The molecule has 0 aliphatic heterocycles. The normalized spacial score (nSPS) is 17.3. The second-order valence-electron chi connectivity index (χ2n) is 5.83. The standard InChI is InChI=1S/C18H18N2O2S/c19-11-13-3-1-6-16(9-13)23(21,22)17-7-8-18-14(10-17)4-2-5-15(18)12-20/h1,3,6-10,15H,2,4-5,12,20H2. The number of nitrogens with two attached hydrogens (primary N) is 1. The van der Waals surface area contributed by atoms with Gasteiger partial charge in [0.15, 0.2) is 0 Å². The lowest BCUT2D eigenvalue weighted by Crippen LogP contribution is -2.18. The van der Waals surface area contributed by atoms with E-state index >= 15 is 0 Å². The van der Waals surface area contributed by atoms with Crippen molar-refractivity contribution in [2.24, 2.45) is 5.73 Å². The lowest BCUT2D eigenvalue weighted by atomic mass is 9.83. The summed E-state index contributed by atoms with van der Waals surface area (Å²) < 4.78 is 25.6. The van der Waals surface area contributed by atoms with Crippen LogP contribution in [-0.4, -0.2) is 15.0 Å². The van der Waals surface area contributed by atoms with Crippen LogP contribution < -0.4 is 5.73 Å². The van der Waals surface area contributed by atoms with Crippen molar-refractivity contribution in [2.45, 2.75) is 35.0 Å². The molecule has 0 amide bonds. The Balaban J connectivity index is 2.06. The van der Waals surface area contributed by atoms with E-state index < -0.39 is 9.84 Å². The SMILES string of the molecule is N#Cc1cccc(S(=O)(=O)c2ccc3c(c2)CCCC3CN)c1. The zero-order chi connectivity index (χ0) is 16.4. The molecule has 2 aromatic carbocycles. The average molecular weight is 326 g/mol. The summed E-state index contributed by atoms with van der Waals surface area (Å²) in [7, 11) is -3.61. The molecular weight excluding hydrogens is 308 g/mol. The molecule has 1 aliphatic rings. The topological polar surface area (TPSA) is 84.0 Å². The molecule has 0 spiro atoms. The molecule has 1 atom stereocenters. The van der Waals surface area contributed by atoms with Crippen molar-refractivity contribution in [3.63, 3.8) is 0 Å². The van der Waals surface area contributed by atoms with Gasteiger partial charge in [-0.05, 0) is 73.2 Å². The van der Waals surface area contributed by atoms with E-state index in [0.717, 1.165) is 24.8 Å². The summed E-state index contributed by atoms with van der Waals surface area (Å²) in [5.41, 5.74) is 8.40. The number of sulfone groups is 1. The summed E-state index contributed by atoms with van der Waals surface area (Å²) in [5, 5.41) is 8.96. The summed E-state index contributed by atoms with van der Waals surface area (Å²) >= 11 is 0. The summed E-state index contributed by atoms with van der Waals surface area (Å²) in [4.78, 5) is 0.437. The number of benzene rings is 2. The fourth-order valence-electron chi connectivity index (χ4n) is 3.17. The Morgan fingerprint density at radius 1 is 1.17 bits per heavy atom. The van der Waals surface area contributed by atoms with Crippen LogP contribution in [0.2, 0.25) is 0 Å². The molecule has 23 heavy (non-hydrogen) atoms. The smallest absolute Gasteiger partial charge is 0.206 e. The Bertz CT molecular complexity index is 882. The molecule has 2 aromatic rings. The summed E-state index contributed by atoms with van der Waals surface area (Å²) in [6.07, 6.45) is 2.97. The molecule has 3 rings (SSSR count). The first-order valence-corrected chi connectivity index (χ1v) is 9.12. The third-order valence-electron chi connectivity index (χ3n) is 4.42. The number of hydrogen-bond donors (Lipinski definition) is 1. The summed E-state index contributed by atoms with van der Waals surface area (Å²) in [5.74, 6) is 0.317. The highest BCUT2D eigenvalue weighted by atomic mass is 32.2. The Morgan fingerprint density at radius 2 is 1.96 bits per heavy atom. The first kappa shape index (κ1) is 15.7. The molecule has 4 nitrogen and oxygen atoms in total. The van der Waals surface area contributed by atoms with E-state index in [-0.39, 0.29) is 9.79 Å². The van der Waals surface area contributed by atoms with Crippen LogP contribution in [0.1, 0.15) is 35.4 Å². The highest BCUT2D eigenvalue weighted by molar-refractivity contribution is 7.91. The molecular formula is C18H18N2O2S. The molecule has 0 aromatic heterocycles. The third kappa shape index (κ3) is 2.88. The van der Waals surface area contributed by atoms with Crippen molar-refractivity contribution >= 4 is 9.84 Å². The molecule has 5 heteroatoms. The van der Waals surface area contributed by atoms with Gasteiger partial charge in [0.1, 0.15) is 0 Å². The van der Waals surface area contributed by atoms with Gasteiger partial charge >= 0.3 is 0 Å². The van der Waals surface area contributed by atoms with E-state index in [9.17, 15) is 8.42 Å². The third-order valence-corrected chi connectivity index (χ3v) is 6.17. The molecule has 1 aliphatic carbocycles. The van der Waals surface area contributed by atoms with Gasteiger partial charge in [0.05, 0.1) is 21.4 Å². The number of fused-ring (bicyclic) bond motifs is 1. The van der Waals surface area contributed by atoms with Gasteiger partial charge in [-0.3, -0.25) is 0 Å². The molecule has 0 saturated heterocycles. The first-order valence-electron chi connectivity index (χ1n) is 7.64. The van der Waals surface area contributed by atoms with Gasteiger partial charge in [0, 0.05) is 0 Å². The van der Waals surface area contributed by atoms with Crippen molar-refractivity contribution < 1.29 is 8.42 Å². The maximum Gasteiger partial charge on any atom is 0.206 e. The van der Waals surface area contributed by atoms with E-state index in [1.807, 2.05) is 12.1 Å².